The molecular formula is C16H16F2N2OS2. The molecule has 0 saturated carbocycles. The minimum Gasteiger partial charge on any atom is -0.496 e. The molecule has 122 valence electrons. The molecule has 0 unspecified atom stereocenters. The van der Waals surface area contributed by atoms with E-state index in [1.807, 2.05) is 24.3 Å². The second kappa shape index (κ2) is 8.69. The van der Waals surface area contributed by atoms with Crippen LogP contribution >= 0.6 is 24.0 Å². The molecule has 0 aromatic heterocycles. The molecule has 0 saturated heterocycles. The van der Waals surface area contributed by atoms with Crippen molar-refractivity contribution in [1.82, 2.24) is 5.32 Å². The zero-order valence-electron chi connectivity index (χ0n) is 12.4. The van der Waals surface area contributed by atoms with E-state index in [1.54, 1.807) is 31.4 Å². The second-order valence-corrected chi connectivity index (χ2v) is 5.99. The quantitative estimate of drug-likeness (QED) is 0.590. The van der Waals surface area contributed by atoms with Gasteiger partial charge in [0, 0.05) is 22.7 Å². The third-order valence-electron chi connectivity index (χ3n) is 2.97. The maximum Gasteiger partial charge on any atom is 0.288 e. The molecule has 3 nitrogen and oxygen atoms in total. The van der Waals surface area contributed by atoms with E-state index in [0.29, 0.717) is 28.3 Å². The van der Waals surface area contributed by atoms with Gasteiger partial charge >= 0.3 is 0 Å². The van der Waals surface area contributed by atoms with Crippen LogP contribution in [0.2, 0.25) is 0 Å². The predicted molar refractivity (Wildman–Crippen MR) is 94.4 cm³/mol. The number of thioether (sulfide) groups is 1. The van der Waals surface area contributed by atoms with Crippen molar-refractivity contribution in [3.63, 3.8) is 0 Å². The molecule has 0 spiro atoms. The van der Waals surface area contributed by atoms with Crippen molar-refractivity contribution in [3.8, 4) is 5.75 Å². The summed E-state index contributed by atoms with van der Waals surface area (Å²) in [6.45, 7) is 0.523. The Bertz CT molecular complexity index is 651. The Hall–Kier alpha value is -1.86. The molecule has 0 aliphatic carbocycles. The molecule has 23 heavy (non-hydrogen) atoms. The van der Waals surface area contributed by atoms with Gasteiger partial charge in [-0.3, -0.25) is 0 Å². The Morgan fingerprint density at radius 3 is 2.52 bits per heavy atom. The van der Waals surface area contributed by atoms with Gasteiger partial charge in [0.1, 0.15) is 5.75 Å². The van der Waals surface area contributed by atoms with Gasteiger partial charge in [-0.1, -0.05) is 30.0 Å². The lowest BCUT2D eigenvalue weighted by molar-refractivity contribution is 0.252. The first kappa shape index (κ1) is 17.5. The average molecular weight is 354 g/mol. The minimum atomic E-state index is -2.42. The van der Waals surface area contributed by atoms with Gasteiger partial charge in [-0.25, -0.2) is 0 Å². The van der Waals surface area contributed by atoms with Crippen LogP contribution < -0.4 is 15.4 Å². The molecule has 0 heterocycles. The number of methoxy groups -OCH3 is 1. The summed E-state index contributed by atoms with van der Waals surface area (Å²) in [5, 5.41) is 6.55. The summed E-state index contributed by atoms with van der Waals surface area (Å²) in [5.74, 6) is -1.63. The highest BCUT2D eigenvalue weighted by molar-refractivity contribution is 7.99. The number of nitrogens with one attached hydrogen (secondary N) is 2. The Kier molecular flexibility index (Phi) is 6.61. The SMILES string of the molecule is COc1ccccc1CNC(=S)Nc1ccc(SC(F)F)cc1. The van der Waals surface area contributed by atoms with Gasteiger partial charge in [0.2, 0.25) is 0 Å². The fourth-order valence-electron chi connectivity index (χ4n) is 1.92. The summed E-state index contributed by atoms with van der Waals surface area (Å²) < 4.78 is 29.8. The number of para-hydroxylation sites is 1. The molecule has 7 heteroatoms. The minimum absolute atomic E-state index is 0.449. The van der Waals surface area contributed by atoms with E-state index in [2.05, 4.69) is 10.6 Å². The number of rotatable bonds is 6. The summed E-state index contributed by atoms with van der Waals surface area (Å²) in [6, 6.07) is 14.3. The van der Waals surface area contributed by atoms with Gasteiger partial charge in [0.25, 0.3) is 5.76 Å². The molecule has 0 fully saturated rings. The average Bonchev–Trinajstić information content (AvgIpc) is 2.54. The first-order chi connectivity index (χ1) is 11.1. The number of ether oxygens (including phenoxy) is 1. The summed E-state index contributed by atoms with van der Waals surface area (Å²) in [7, 11) is 1.62. The summed E-state index contributed by atoms with van der Waals surface area (Å²) in [5.41, 5.74) is 1.73. The van der Waals surface area contributed by atoms with E-state index in [-0.39, 0.29) is 0 Å². The van der Waals surface area contributed by atoms with E-state index in [4.69, 9.17) is 17.0 Å². The van der Waals surface area contributed by atoms with Gasteiger partial charge in [0.15, 0.2) is 5.11 Å². The standard InChI is InChI=1S/C16H16F2N2OS2/c1-21-14-5-3-2-4-11(14)10-19-16(22)20-12-6-8-13(9-7-12)23-15(17)18/h2-9,15H,10H2,1H3,(H2,19,20,22). The zero-order valence-corrected chi connectivity index (χ0v) is 14.0. The summed E-state index contributed by atoms with van der Waals surface area (Å²) in [4.78, 5) is 0.512. The monoisotopic (exact) mass is 354 g/mol. The smallest absolute Gasteiger partial charge is 0.288 e. The van der Waals surface area contributed by atoms with E-state index in [0.717, 1.165) is 17.0 Å². The maximum absolute atomic E-state index is 12.3. The van der Waals surface area contributed by atoms with E-state index in [1.165, 1.54) is 0 Å². The Balaban J connectivity index is 1.87. The van der Waals surface area contributed by atoms with Crippen molar-refractivity contribution in [1.29, 1.82) is 0 Å². The van der Waals surface area contributed by atoms with E-state index < -0.39 is 5.76 Å². The Labute approximate surface area is 143 Å². The number of thiocarbonyl (C=S) groups is 1. The van der Waals surface area contributed by atoms with Gasteiger partial charge in [0.05, 0.1) is 7.11 Å². The molecule has 2 aromatic rings. The molecule has 0 radical (unpaired) electrons. The Morgan fingerprint density at radius 2 is 1.87 bits per heavy atom. The molecule has 2 N–H and O–H groups in total. The third-order valence-corrected chi connectivity index (χ3v) is 3.94. The molecule has 0 bridgehead atoms. The lowest BCUT2D eigenvalue weighted by atomic mass is 10.2. The fraction of sp³-hybridized carbons (Fsp3) is 0.188. The van der Waals surface area contributed by atoms with Crippen LogP contribution in [0, 0.1) is 0 Å². The van der Waals surface area contributed by atoms with Crippen molar-refractivity contribution in [3.05, 3.63) is 54.1 Å². The van der Waals surface area contributed by atoms with Crippen LogP contribution in [0.4, 0.5) is 14.5 Å². The van der Waals surface area contributed by atoms with Gasteiger partial charge in [-0.15, -0.1) is 0 Å². The number of hydrogen-bond donors (Lipinski definition) is 2. The van der Waals surface area contributed by atoms with Crippen LogP contribution in [0.5, 0.6) is 5.75 Å². The first-order valence-corrected chi connectivity index (χ1v) is 8.09. The predicted octanol–water partition coefficient (Wildman–Crippen LogP) is 4.50. The zero-order chi connectivity index (χ0) is 16.7. The van der Waals surface area contributed by atoms with Crippen LogP contribution in [0.25, 0.3) is 0 Å². The molecule has 0 atom stereocenters. The maximum atomic E-state index is 12.3. The Morgan fingerprint density at radius 1 is 1.17 bits per heavy atom. The van der Waals surface area contributed by atoms with Gasteiger partial charge in [-0.2, -0.15) is 8.78 Å². The van der Waals surface area contributed by atoms with Gasteiger partial charge < -0.3 is 15.4 Å². The van der Waals surface area contributed by atoms with Crippen LogP contribution in [0.3, 0.4) is 0 Å². The number of anilines is 1. The molecule has 0 aliphatic rings. The summed E-state index contributed by atoms with van der Waals surface area (Å²) >= 11 is 5.74. The van der Waals surface area contributed by atoms with Crippen LogP contribution in [-0.4, -0.2) is 18.0 Å². The van der Waals surface area contributed by atoms with Crippen LogP contribution in [-0.2, 0) is 6.54 Å². The van der Waals surface area contributed by atoms with Crippen LogP contribution in [0.1, 0.15) is 5.56 Å². The first-order valence-electron chi connectivity index (χ1n) is 6.80. The highest BCUT2D eigenvalue weighted by Crippen LogP contribution is 2.26. The molecular weight excluding hydrogens is 338 g/mol. The van der Waals surface area contributed by atoms with Crippen molar-refractivity contribution in [2.45, 2.75) is 17.2 Å². The fourth-order valence-corrected chi connectivity index (χ4v) is 2.61. The largest absolute Gasteiger partial charge is 0.496 e. The molecule has 0 aliphatic heterocycles. The third kappa shape index (κ3) is 5.69. The van der Waals surface area contributed by atoms with Crippen molar-refractivity contribution in [2.24, 2.45) is 0 Å². The lowest BCUT2D eigenvalue weighted by Crippen LogP contribution is -2.28. The molecule has 2 rings (SSSR count). The topological polar surface area (TPSA) is 33.3 Å². The highest BCUT2D eigenvalue weighted by atomic mass is 32.2. The molecule has 0 amide bonds. The van der Waals surface area contributed by atoms with E-state index >= 15 is 0 Å². The van der Waals surface area contributed by atoms with E-state index in [9.17, 15) is 8.78 Å². The lowest BCUT2D eigenvalue weighted by Gasteiger charge is -2.13. The summed E-state index contributed by atoms with van der Waals surface area (Å²) in [6.07, 6.45) is 0. The van der Waals surface area contributed by atoms with Crippen molar-refractivity contribution in [2.75, 3.05) is 12.4 Å². The molecule has 2 aromatic carbocycles. The number of benzene rings is 2. The highest BCUT2D eigenvalue weighted by Gasteiger charge is 2.06. The normalized spacial score (nSPS) is 10.4. The number of alkyl halides is 2. The number of halogens is 2. The van der Waals surface area contributed by atoms with Gasteiger partial charge in [-0.05, 0) is 42.5 Å². The van der Waals surface area contributed by atoms with Crippen LogP contribution in [0.15, 0.2) is 53.4 Å². The number of hydrogen-bond acceptors (Lipinski definition) is 3. The second-order valence-electron chi connectivity index (χ2n) is 4.52. The van der Waals surface area contributed by atoms with Crippen molar-refractivity contribution < 1.29 is 13.5 Å². The van der Waals surface area contributed by atoms with Crippen molar-refractivity contribution >= 4 is 34.8 Å².